The molecular weight excluding hydrogens is 342 g/mol. The van der Waals surface area contributed by atoms with E-state index in [1.807, 2.05) is 62.4 Å². The lowest BCUT2D eigenvalue weighted by molar-refractivity contribution is -0.383. The number of hydrogen-bond acceptors (Lipinski definition) is 6. The fourth-order valence-electron chi connectivity index (χ4n) is 2.93. The van der Waals surface area contributed by atoms with E-state index in [4.69, 9.17) is 0 Å². The Hall–Kier alpha value is -3.48. The summed E-state index contributed by atoms with van der Waals surface area (Å²) >= 11 is 0. The van der Waals surface area contributed by atoms with Crippen molar-refractivity contribution in [3.8, 4) is 0 Å². The summed E-state index contributed by atoms with van der Waals surface area (Å²) in [6, 6.07) is 15.8. The van der Waals surface area contributed by atoms with Crippen LogP contribution in [0.5, 0.6) is 0 Å². The lowest BCUT2D eigenvalue weighted by Gasteiger charge is -2.11. The van der Waals surface area contributed by atoms with Crippen molar-refractivity contribution in [1.82, 2.24) is 9.97 Å². The van der Waals surface area contributed by atoms with Crippen molar-refractivity contribution < 1.29 is 4.92 Å². The van der Waals surface area contributed by atoms with E-state index in [-0.39, 0.29) is 17.3 Å². The number of nitro groups is 1. The molecule has 0 bridgehead atoms. The lowest BCUT2D eigenvalue weighted by Crippen LogP contribution is -2.10. The molecule has 0 aliphatic rings. The molecule has 2 aromatic carbocycles. The fourth-order valence-corrected chi connectivity index (χ4v) is 2.93. The van der Waals surface area contributed by atoms with Crippen LogP contribution in [0, 0.1) is 24.0 Å². The molecule has 7 heteroatoms. The number of rotatable bonds is 7. The van der Waals surface area contributed by atoms with Crippen LogP contribution < -0.4 is 10.6 Å². The van der Waals surface area contributed by atoms with E-state index in [2.05, 4.69) is 20.6 Å². The van der Waals surface area contributed by atoms with E-state index in [1.54, 1.807) is 0 Å². The maximum absolute atomic E-state index is 11.6. The van der Waals surface area contributed by atoms with E-state index in [1.165, 1.54) is 6.33 Å². The van der Waals surface area contributed by atoms with Gasteiger partial charge in [-0.15, -0.1) is 0 Å². The minimum absolute atomic E-state index is 0.162. The maximum atomic E-state index is 11.6. The smallest absolute Gasteiger partial charge is 0.353 e. The molecule has 27 heavy (non-hydrogen) atoms. The standard InChI is InChI=1S/C20H21N5O2/c1-14-10-15(2)12-17(11-14)24-20-18(25(26)27)19(22-13-23-20)21-9-8-16-6-4-3-5-7-16/h3-7,10-13H,8-9H2,1-2H3,(H2,21,22,23,24). The first kappa shape index (κ1) is 18.3. The number of nitrogens with one attached hydrogen (secondary N) is 2. The number of hydrogen-bond donors (Lipinski definition) is 2. The Morgan fingerprint density at radius 3 is 2.33 bits per heavy atom. The zero-order chi connectivity index (χ0) is 19.2. The summed E-state index contributed by atoms with van der Waals surface area (Å²) < 4.78 is 0. The van der Waals surface area contributed by atoms with Gasteiger partial charge in [-0.25, -0.2) is 9.97 Å². The molecule has 0 fully saturated rings. The minimum atomic E-state index is -0.462. The summed E-state index contributed by atoms with van der Waals surface area (Å²) in [6.07, 6.45) is 2.06. The van der Waals surface area contributed by atoms with E-state index < -0.39 is 4.92 Å². The molecule has 0 atom stereocenters. The van der Waals surface area contributed by atoms with Gasteiger partial charge in [0.2, 0.25) is 11.6 Å². The molecule has 1 aromatic heterocycles. The van der Waals surface area contributed by atoms with E-state index >= 15 is 0 Å². The summed E-state index contributed by atoms with van der Waals surface area (Å²) in [6.45, 7) is 4.48. The van der Waals surface area contributed by atoms with Crippen molar-refractivity contribution in [3.63, 3.8) is 0 Å². The molecule has 138 valence electrons. The Kier molecular flexibility index (Phi) is 5.61. The summed E-state index contributed by atoms with van der Waals surface area (Å²) in [4.78, 5) is 19.3. The average Bonchev–Trinajstić information content (AvgIpc) is 2.61. The van der Waals surface area contributed by atoms with Crippen LogP contribution in [-0.4, -0.2) is 21.4 Å². The van der Waals surface area contributed by atoms with Gasteiger partial charge in [0.25, 0.3) is 0 Å². The Bertz CT molecular complexity index is 924. The maximum Gasteiger partial charge on any atom is 0.353 e. The van der Waals surface area contributed by atoms with Crippen LogP contribution in [0.1, 0.15) is 16.7 Å². The third-order valence-electron chi connectivity index (χ3n) is 4.04. The van der Waals surface area contributed by atoms with Crippen molar-refractivity contribution in [2.45, 2.75) is 20.3 Å². The third kappa shape index (κ3) is 4.78. The molecule has 1 heterocycles. The number of nitrogens with zero attached hydrogens (tertiary/aromatic N) is 3. The quantitative estimate of drug-likeness (QED) is 0.477. The molecule has 0 unspecified atom stereocenters. The molecule has 0 amide bonds. The van der Waals surface area contributed by atoms with E-state index in [0.717, 1.165) is 28.8 Å². The normalized spacial score (nSPS) is 10.4. The molecule has 0 saturated carbocycles. The highest BCUT2D eigenvalue weighted by Crippen LogP contribution is 2.31. The van der Waals surface area contributed by atoms with Crippen molar-refractivity contribution in [3.05, 3.63) is 81.7 Å². The first-order valence-corrected chi connectivity index (χ1v) is 8.65. The molecule has 0 aliphatic heterocycles. The monoisotopic (exact) mass is 363 g/mol. The van der Waals surface area contributed by atoms with Gasteiger partial charge < -0.3 is 10.6 Å². The Balaban J connectivity index is 1.80. The highest BCUT2D eigenvalue weighted by Gasteiger charge is 2.23. The largest absolute Gasteiger partial charge is 0.364 e. The highest BCUT2D eigenvalue weighted by atomic mass is 16.6. The molecular formula is C20H21N5O2. The SMILES string of the molecule is Cc1cc(C)cc(Nc2ncnc(NCCc3ccccc3)c2[N+](=O)[O-])c1. The van der Waals surface area contributed by atoms with Crippen LogP contribution in [0.25, 0.3) is 0 Å². The zero-order valence-corrected chi connectivity index (χ0v) is 15.3. The summed E-state index contributed by atoms with van der Waals surface area (Å²) in [5, 5.41) is 17.8. The van der Waals surface area contributed by atoms with Gasteiger partial charge in [-0.2, -0.15) is 0 Å². The second-order valence-electron chi connectivity index (χ2n) is 6.34. The molecule has 7 nitrogen and oxygen atoms in total. The molecule has 0 spiro atoms. The molecule has 3 rings (SSSR count). The van der Waals surface area contributed by atoms with Crippen LogP contribution in [0.15, 0.2) is 54.9 Å². The van der Waals surface area contributed by atoms with Gasteiger partial charge in [-0.1, -0.05) is 36.4 Å². The predicted molar refractivity (Wildman–Crippen MR) is 107 cm³/mol. The topological polar surface area (TPSA) is 93.0 Å². The van der Waals surface area contributed by atoms with Gasteiger partial charge in [0, 0.05) is 12.2 Å². The minimum Gasteiger partial charge on any atom is -0.364 e. The number of aryl methyl sites for hydroxylation is 2. The van der Waals surface area contributed by atoms with E-state index in [0.29, 0.717) is 6.54 Å². The molecule has 0 radical (unpaired) electrons. The first-order valence-electron chi connectivity index (χ1n) is 8.65. The first-order chi connectivity index (χ1) is 13.0. The van der Waals surface area contributed by atoms with Gasteiger partial charge in [0.1, 0.15) is 6.33 Å². The highest BCUT2D eigenvalue weighted by molar-refractivity contribution is 5.74. The average molecular weight is 363 g/mol. The van der Waals surface area contributed by atoms with Gasteiger partial charge in [0.15, 0.2) is 0 Å². The van der Waals surface area contributed by atoms with Gasteiger partial charge in [-0.3, -0.25) is 10.1 Å². The van der Waals surface area contributed by atoms with E-state index in [9.17, 15) is 10.1 Å². The van der Waals surface area contributed by atoms with Crippen molar-refractivity contribution in [1.29, 1.82) is 0 Å². The van der Waals surface area contributed by atoms with Crippen LogP contribution in [0.2, 0.25) is 0 Å². The van der Waals surface area contributed by atoms with Gasteiger partial charge >= 0.3 is 5.69 Å². The predicted octanol–water partition coefficient (Wildman–Crippen LogP) is 4.40. The summed E-state index contributed by atoms with van der Waals surface area (Å²) in [7, 11) is 0. The fraction of sp³-hybridized carbons (Fsp3) is 0.200. The number of benzene rings is 2. The molecule has 0 saturated heterocycles. The zero-order valence-electron chi connectivity index (χ0n) is 15.3. The third-order valence-corrected chi connectivity index (χ3v) is 4.04. The Morgan fingerprint density at radius 1 is 1.00 bits per heavy atom. The number of anilines is 3. The Morgan fingerprint density at radius 2 is 1.67 bits per heavy atom. The lowest BCUT2D eigenvalue weighted by atomic mass is 10.1. The summed E-state index contributed by atoms with van der Waals surface area (Å²) in [5.41, 5.74) is 3.87. The van der Waals surface area contributed by atoms with Crippen molar-refractivity contribution in [2.24, 2.45) is 0 Å². The van der Waals surface area contributed by atoms with Crippen molar-refractivity contribution in [2.75, 3.05) is 17.2 Å². The molecule has 0 aliphatic carbocycles. The second kappa shape index (κ2) is 8.27. The summed E-state index contributed by atoms with van der Waals surface area (Å²) in [5.74, 6) is 0.375. The number of aromatic nitrogens is 2. The van der Waals surface area contributed by atoms with Crippen LogP contribution in [0.4, 0.5) is 23.0 Å². The van der Waals surface area contributed by atoms with Crippen LogP contribution in [-0.2, 0) is 6.42 Å². The van der Waals surface area contributed by atoms with Gasteiger partial charge in [-0.05, 0) is 49.1 Å². The molecule has 2 N–H and O–H groups in total. The molecule has 3 aromatic rings. The van der Waals surface area contributed by atoms with Crippen molar-refractivity contribution >= 4 is 23.0 Å². The van der Waals surface area contributed by atoms with Crippen LogP contribution in [0.3, 0.4) is 0 Å². The van der Waals surface area contributed by atoms with Crippen LogP contribution >= 0.6 is 0 Å². The van der Waals surface area contributed by atoms with Gasteiger partial charge in [0.05, 0.1) is 4.92 Å². The Labute approximate surface area is 157 Å². The second-order valence-corrected chi connectivity index (χ2v) is 6.34.